The van der Waals surface area contributed by atoms with Gasteiger partial charge in [0.1, 0.15) is 99.1 Å². The number of esters is 12. The fraction of sp³-hybridized carbons (Fsp3) is 0.652. The maximum atomic E-state index is 11.6. The number of methoxy groups -OCH3 is 1. The smallest absolute Gasteiger partial charge is 0.322 e. The first-order chi connectivity index (χ1) is 44.5. The molecule has 5 aliphatic carbocycles. The highest BCUT2D eigenvalue weighted by molar-refractivity contribution is 5.96. The average Bonchev–Trinajstić information content (AvgIpc) is 1.28. The lowest BCUT2D eigenvalue weighted by Gasteiger charge is -2.46. The molecule has 17 atom stereocenters. The van der Waals surface area contributed by atoms with Crippen LogP contribution in [0, 0.1) is 41.4 Å². The summed E-state index contributed by atoms with van der Waals surface area (Å²) in [7, 11) is 1.58. The molecule has 0 radical (unpaired) electrons. The number of allylic oxidation sites excluding steroid dienone is 2. The second-order valence-electron chi connectivity index (χ2n) is 26.4. The van der Waals surface area contributed by atoms with Crippen molar-refractivity contribution in [2.24, 2.45) is 41.4 Å². The number of hydrogen-bond acceptors (Lipinski definition) is 25. The summed E-state index contributed by atoms with van der Waals surface area (Å²) in [6, 6.07) is 6.55. The third-order valence-electron chi connectivity index (χ3n) is 18.9. The summed E-state index contributed by atoms with van der Waals surface area (Å²) in [6.45, 7) is 25.8. The third-order valence-corrected chi connectivity index (χ3v) is 18.9. The summed E-state index contributed by atoms with van der Waals surface area (Å²) in [5.41, 5.74) is 1.40. The van der Waals surface area contributed by atoms with Gasteiger partial charge in [-0.1, -0.05) is 70.2 Å². The largest absolute Gasteiger partial charge is 0.458 e. The maximum absolute atomic E-state index is 11.6. The molecule has 1 aromatic rings. The Morgan fingerprint density at radius 1 is 0.468 bits per heavy atom. The number of benzene rings is 1. The highest BCUT2D eigenvalue weighted by Gasteiger charge is 2.53. The van der Waals surface area contributed by atoms with Crippen molar-refractivity contribution in [3.8, 4) is 11.5 Å². The van der Waals surface area contributed by atoms with Crippen molar-refractivity contribution in [3.63, 3.8) is 0 Å². The molecular formula is C69H90O25. The van der Waals surface area contributed by atoms with Gasteiger partial charge < -0.3 is 61.6 Å². The van der Waals surface area contributed by atoms with Crippen LogP contribution in [-0.4, -0.2) is 145 Å². The molecule has 1 aromatic carbocycles. The van der Waals surface area contributed by atoms with E-state index >= 15 is 0 Å². The predicted molar refractivity (Wildman–Crippen MR) is 327 cm³/mol. The highest BCUT2D eigenvalue weighted by atomic mass is 16.6. The molecule has 25 nitrogen and oxygen atoms in total. The van der Waals surface area contributed by atoms with Crippen LogP contribution in [0.2, 0.25) is 0 Å². The van der Waals surface area contributed by atoms with Gasteiger partial charge in [0, 0.05) is 13.0 Å². The molecule has 17 unspecified atom stereocenters. The third kappa shape index (κ3) is 20.5. The Hall–Kier alpha value is -7.96. The number of fused-ring (bicyclic) bond motifs is 6. The van der Waals surface area contributed by atoms with Crippen LogP contribution in [0.25, 0.3) is 0 Å². The van der Waals surface area contributed by atoms with E-state index in [1.165, 1.54) is 0 Å². The van der Waals surface area contributed by atoms with E-state index in [1.54, 1.807) is 31.4 Å². The zero-order valence-corrected chi connectivity index (χ0v) is 55.0. The Labute approximate surface area is 547 Å². The van der Waals surface area contributed by atoms with Gasteiger partial charge in [-0.3, -0.25) is 57.5 Å². The molecule has 25 heteroatoms. The molecule has 11 aliphatic rings. The van der Waals surface area contributed by atoms with E-state index in [0.29, 0.717) is 41.6 Å². The number of hydrogen-bond donors (Lipinski definition) is 0. The Morgan fingerprint density at radius 3 is 1.28 bits per heavy atom. The zero-order valence-electron chi connectivity index (χ0n) is 55.0. The molecular weight excluding hydrogens is 1230 g/mol. The molecule has 0 bridgehead atoms. The van der Waals surface area contributed by atoms with E-state index in [9.17, 15) is 57.5 Å². The van der Waals surface area contributed by atoms with Gasteiger partial charge in [0.25, 0.3) is 0 Å². The maximum Gasteiger partial charge on any atom is 0.322 e. The van der Waals surface area contributed by atoms with Crippen molar-refractivity contribution < 1.29 is 119 Å². The van der Waals surface area contributed by atoms with Crippen molar-refractivity contribution in [1.82, 2.24) is 0 Å². The highest BCUT2D eigenvalue weighted by Crippen LogP contribution is 2.43. The second kappa shape index (κ2) is 33.4. The van der Waals surface area contributed by atoms with Crippen LogP contribution < -0.4 is 9.47 Å². The van der Waals surface area contributed by atoms with E-state index < -0.39 is 89.4 Å². The molecule has 6 aliphatic heterocycles. The molecule has 5 saturated heterocycles. The molecule has 0 spiro atoms. The molecule has 0 N–H and O–H groups in total. The van der Waals surface area contributed by atoms with Gasteiger partial charge in [-0.2, -0.15) is 0 Å². The molecule has 516 valence electrons. The molecule has 10 fully saturated rings. The Bertz CT molecular complexity index is 2960. The number of ether oxygens (including phenoxy) is 13. The fourth-order valence-electron chi connectivity index (χ4n) is 13.3. The molecule has 6 heterocycles. The number of carbonyl (C=O) groups excluding carboxylic acids is 12. The van der Waals surface area contributed by atoms with Crippen LogP contribution in [-0.2, 0) is 110 Å². The minimum Gasteiger partial charge on any atom is -0.458 e. The average molecular weight is 1320 g/mol. The van der Waals surface area contributed by atoms with Crippen molar-refractivity contribution >= 4 is 71.6 Å². The van der Waals surface area contributed by atoms with Crippen LogP contribution >= 0.6 is 0 Å². The van der Waals surface area contributed by atoms with Crippen LogP contribution in [0.5, 0.6) is 11.5 Å². The quantitative estimate of drug-likeness (QED) is 0.0880. The summed E-state index contributed by atoms with van der Waals surface area (Å²) >= 11 is 0. The van der Waals surface area contributed by atoms with Gasteiger partial charge in [-0.25, -0.2) is 0 Å². The lowest BCUT2D eigenvalue weighted by Crippen LogP contribution is -2.57. The SMILES string of the molecule is C=C(C)C1CCC(C)(OC)C2OC(=O)CC(=O)OC12.C=C(C)C1CCC2OC(=O)CC(=O)OC2C1.C=CC1CCC2OC(=O)CC(=O)OC2C1.CC(C)C1CCC2OC(=O)CC(=O)OC2C1.CC1CCC(C)C2OC(=O)CC(=O)OC12.O=C1CC(=O)Oc2ccccc2O1. The second-order valence-corrected chi connectivity index (χ2v) is 26.4. The van der Waals surface area contributed by atoms with E-state index in [0.717, 1.165) is 88.2 Å². The van der Waals surface area contributed by atoms with Gasteiger partial charge in [0.15, 0.2) is 17.6 Å². The summed E-state index contributed by atoms with van der Waals surface area (Å²) in [4.78, 5) is 135. The van der Waals surface area contributed by atoms with Gasteiger partial charge in [-0.05, 0) is 152 Å². The molecule has 0 aromatic heterocycles. The molecule has 12 rings (SSSR count). The molecule has 0 amide bonds. The Balaban J connectivity index is 0.000000160. The van der Waals surface area contributed by atoms with E-state index in [4.69, 9.17) is 61.6 Å². The van der Waals surface area contributed by atoms with Gasteiger partial charge in [0.05, 0.1) is 0 Å². The summed E-state index contributed by atoms with van der Waals surface area (Å²) in [5, 5.41) is 0. The van der Waals surface area contributed by atoms with Crippen molar-refractivity contribution in [2.45, 2.75) is 237 Å². The van der Waals surface area contributed by atoms with Crippen LogP contribution in [0.15, 0.2) is 61.2 Å². The number of rotatable bonds is 5. The van der Waals surface area contributed by atoms with E-state index in [1.807, 2.05) is 40.7 Å². The number of para-hydroxylation sites is 2. The monoisotopic (exact) mass is 1320 g/mol. The minimum atomic E-state index is -0.628. The first kappa shape index (κ1) is 73.5. The van der Waals surface area contributed by atoms with Crippen molar-refractivity contribution in [2.75, 3.05) is 7.11 Å². The van der Waals surface area contributed by atoms with Crippen LogP contribution in [0.1, 0.15) is 170 Å². The van der Waals surface area contributed by atoms with Gasteiger partial charge in [0.2, 0.25) is 0 Å². The van der Waals surface area contributed by atoms with Crippen LogP contribution in [0.3, 0.4) is 0 Å². The van der Waals surface area contributed by atoms with E-state index in [2.05, 4.69) is 33.6 Å². The van der Waals surface area contributed by atoms with Crippen molar-refractivity contribution in [1.29, 1.82) is 0 Å². The number of carbonyl (C=O) groups is 12. The summed E-state index contributed by atoms with van der Waals surface area (Å²) < 4.78 is 67.9. The fourth-order valence-corrected chi connectivity index (χ4v) is 13.3. The lowest BCUT2D eigenvalue weighted by atomic mass is 9.73. The minimum absolute atomic E-state index is 0.00285. The first-order valence-electron chi connectivity index (χ1n) is 32.4. The van der Waals surface area contributed by atoms with Crippen molar-refractivity contribution in [3.05, 3.63) is 61.2 Å². The van der Waals surface area contributed by atoms with E-state index in [-0.39, 0.29) is 105 Å². The normalized spacial score (nSPS) is 34.1. The zero-order chi connectivity index (χ0) is 68.7. The Kier molecular flexibility index (Phi) is 26.1. The first-order valence-corrected chi connectivity index (χ1v) is 32.4. The standard InChI is InChI=1S/C14H20O5.C12H18O4.C12H16O4.C11H16O4.C11H14O4.C9H6O4/c1-8(2)9-5-6-14(3,17-4)13-12(9)18-10(15)7-11(16)19-13;2*1-7(2)8-3-4-9-10(5-8)16-12(14)6-11(13)15-9;1-6-3-4-7(2)11-10(6)14-8(12)5-9(13)15-11;1-2-7-3-4-8-9(5-7)15-11(13)6-10(12)14-8;10-8-5-9(11)13-7-4-2-1-3-6(7)12-8/h9,12-13H,1,5-7H2,2-4H3;7-10H,3-6H2,1-2H3;8-10H,1,3-6H2,2H3;6-7,10-11H,3-5H2,1-2H3;2,7-9H,1,3-6H2;1-4H,5H2. The van der Waals surface area contributed by atoms with Crippen LogP contribution in [0.4, 0.5) is 0 Å². The topological polar surface area (TPSA) is 325 Å². The van der Waals surface area contributed by atoms with Gasteiger partial charge in [-0.15, -0.1) is 6.58 Å². The molecule has 94 heavy (non-hydrogen) atoms. The van der Waals surface area contributed by atoms with Gasteiger partial charge >= 0.3 is 71.6 Å². The summed E-state index contributed by atoms with van der Waals surface area (Å²) in [5.74, 6) is -2.93. The summed E-state index contributed by atoms with van der Waals surface area (Å²) in [6.07, 6.45) is 8.20. The predicted octanol–water partition coefficient (Wildman–Crippen LogP) is 8.25. The lowest BCUT2D eigenvalue weighted by molar-refractivity contribution is -0.199. The molecule has 5 saturated carbocycles. The Morgan fingerprint density at radius 2 is 0.851 bits per heavy atom.